The summed E-state index contributed by atoms with van der Waals surface area (Å²) in [4.78, 5) is 23.4. The van der Waals surface area contributed by atoms with E-state index >= 15 is 0 Å². The van der Waals surface area contributed by atoms with Gasteiger partial charge in [-0.2, -0.15) is 0 Å². The number of hydrogen-bond acceptors (Lipinski definition) is 3. The number of hydrogen-bond donors (Lipinski definition) is 0. The molecule has 0 aliphatic heterocycles. The van der Waals surface area contributed by atoms with Crippen LogP contribution in [0.15, 0.2) is 18.2 Å². The summed E-state index contributed by atoms with van der Waals surface area (Å²) in [6, 6.07) is 4.02. The Morgan fingerprint density at radius 3 is 2.47 bits per heavy atom. The molecule has 0 spiro atoms. The van der Waals surface area contributed by atoms with E-state index in [4.69, 9.17) is 11.6 Å². The Morgan fingerprint density at radius 1 is 1.47 bits per heavy atom. The quantitative estimate of drug-likeness (QED) is 0.617. The Balaban J connectivity index is 3.06. The van der Waals surface area contributed by atoms with Crippen LogP contribution in [-0.4, -0.2) is 28.8 Å². The van der Waals surface area contributed by atoms with E-state index in [2.05, 4.69) is 0 Å². The Morgan fingerprint density at radius 2 is 2.06 bits per heavy atom. The Kier molecular flexibility index (Phi) is 4.07. The molecule has 0 atom stereocenters. The van der Waals surface area contributed by atoms with Crippen LogP contribution in [0, 0.1) is 10.1 Å². The first-order valence-corrected chi connectivity index (χ1v) is 5.43. The van der Waals surface area contributed by atoms with E-state index in [0.717, 1.165) is 0 Å². The number of nitro benzene ring substituents is 1. The zero-order valence-electron chi connectivity index (χ0n) is 9.81. The minimum Gasteiger partial charge on any atom is -0.339 e. The molecule has 0 aliphatic rings. The van der Waals surface area contributed by atoms with Gasteiger partial charge in [0.25, 0.3) is 11.6 Å². The van der Waals surface area contributed by atoms with Gasteiger partial charge >= 0.3 is 0 Å². The second kappa shape index (κ2) is 5.14. The van der Waals surface area contributed by atoms with Gasteiger partial charge in [0.2, 0.25) is 0 Å². The van der Waals surface area contributed by atoms with Gasteiger partial charge in [-0.15, -0.1) is 0 Å². The third-order valence-electron chi connectivity index (χ3n) is 2.49. The van der Waals surface area contributed by atoms with Crippen molar-refractivity contribution in [3.8, 4) is 0 Å². The average Bonchev–Trinajstić information content (AvgIpc) is 2.26. The zero-order chi connectivity index (χ0) is 13.2. The monoisotopic (exact) mass is 256 g/mol. The fraction of sp³-hybridized carbons (Fsp3) is 0.364. The van der Waals surface area contributed by atoms with Crippen molar-refractivity contribution in [1.29, 1.82) is 0 Å². The summed E-state index contributed by atoms with van der Waals surface area (Å²) in [5.74, 6) is -0.211. The topological polar surface area (TPSA) is 63.5 Å². The minimum absolute atomic E-state index is 0.0296. The van der Waals surface area contributed by atoms with Crippen molar-refractivity contribution in [3.05, 3.63) is 38.9 Å². The summed E-state index contributed by atoms with van der Waals surface area (Å²) < 4.78 is 0. The van der Waals surface area contributed by atoms with E-state index in [0.29, 0.717) is 5.56 Å². The highest BCUT2D eigenvalue weighted by Gasteiger charge is 2.18. The molecule has 1 aromatic rings. The molecule has 6 heteroatoms. The number of amides is 1. The van der Waals surface area contributed by atoms with Gasteiger partial charge in [-0.05, 0) is 26.0 Å². The minimum atomic E-state index is -0.581. The predicted molar refractivity (Wildman–Crippen MR) is 65.3 cm³/mol. The molecule has 0 N–H and O–H groups in total. The summed E-state index contributed by atoms with van der Waals surface area (Å²) >= 11 is 5.74. The molecule has 0 heterocycles. The second-order valence-electron chi connectivity index (χ2n) is 3.93. The van der Waals surface area contributed by atoms with E-state index in [-0.39, 0.29) is 22.7 Å². The van der Waals surface area contributed by atoms with Gasteiger partial charge in [0.15, 0.2) is 0 Å². The summed E-state index contributed by atoms with van der Waals surface area (Å²) in [5.41, 5.74) is 0.146. The maximum atomic E-state index is 11.9. The van der Waals surface area contributed by atoms with Crippen molar-refractivity contribution >= 4 is 23.2 Å². The lowest BCUT2D eigenvalue weighted by atomic mass is 10.1. The number of carbonyl (C=O) groups is 1. The molecule has 0 radical (unpaired) electrons. The van der Waals surface area contributed by atoms with Crippen molar-refractivity contribution in [2.24, 2.45) is 0 Å². The number of halogens is 1. The molecule has 0 saturated carbocycles. The van der Waals surface area contributed by atoms with Gasteiger partial charge in [-0.1, -0.05) is 11.6 Å². The molecular formula is C11H13ClN2O3. The van der Waals surface area contributed by atoms with Gasteiger partial charge in [-0.25, -0.2) is 0 Å². The lowest BCUT2D eigenvalue weighted by molar-refractivity contribution is -0.384. The molecule has 1 rings (SSSR count). The van der Waals surface area contributed by atoms with Crippen molar-refractivity contribution in [2.75, 3.05) is 7.05 Å². The number of nitrogens with zero attached hydrogens (tertiary/aromatic N) is 2. The first-order chi connectivity index (χ1) is 7.84. The number of rotatable bonds is 3. The fourth-order valence-corrected chi connectivity index (χ4v) is 1.48. The smallest absolute Gasteiger partial charge is 0.287 e. The largest absolute Gasteiger partial charge is 0.339 e. The Bertz CT molecular complexity index is 460. The van der Waals surface area contributed by atoms with Gasteiger partial charge in [0, 0.05) is 24.7 Å². The maximum absolute atomic E-state index is 11.9. The SMILES string of the molecule is CC(C)N(C)C(=O)c1ccc([N+](=O)[O-])c(Cl)c1. The van der Waals surface area contributed by atoms with Crippen molar-refractivity contribution in [3.63, 3.8) is 0 Å². The predicted octanol–water partition coefficient (Wildman–Crippen LogP) is 2.73. The maximum Gasteiger partial charge on any atom is 0.287 e. The number of carbonyl (C=O) groups excluding carboxylic acids is 1. The average molecular weight is 257 g/mol. The normalized spacial score (nSPS) is 10.4. The summed E-state index contributed by atoms with van der Waals surface area (Å²) in [7, 11) is 1.67. The lowest BCUT2D eigenvalue weighted by Gasteiger charge is -2.21. The molecule has 1 amide bonds. The van der Waals surface area contributed by atoms with Crippen LogP contribution in [-0.2, 0) is 0 Å². The molecule has 0 saturated heterocycles. The van der Waals surface area contributed by atoms with E-state index in [1.54, 1.807) is 7.05 Å². The van der Waals surface area contributed by atoms with Gasteiger partial charge in [0.1, 0.15) is 5.02 Å². The highest BCUT2D eigenvalue weighted by Crippen LogP contribution is 2.25. The van der Waals surface area contributed by atoms with E-state index in [9.17, 15) is 14.9 Å². The first kappa shape index (κ1) is 13.4. The number of nitro groups is 1. The molecule has 17 heavy (non-hydrogen) atoms. The molecule has 0 fully saturated rings. The van der Waals surface area contributed by atoms with Crippen LogP contribution in [0.5, 0.6) is 0 Å². The highest BCUT2D eigenvalue weighted by atomic mass is 35.5. The van der Waals surface area contributed by atoms with Gasteiger partial charge in [-0.3, -0.25) is 14.9 Å². The van der Waals surface area contributed by atoms with Crippen molar-refractivity contribution < 1.29 is 9.72 Å². The molecule has 0 aliphatic carbocycles. The molecular weight excluding hydrogens is 244 g/mol. The molecule has 1 aromatic carbocycles. The summed E-state index contributed by atoms with van der Waals surface area (Å²) in [6.07, 6.45) is 0. The van der Waals surface area contributed by atoms with Gasteiger partial charge < -0.3 is 4.90 Å². The molecule has 0 aromatic heterocycles. The van der Waals surface area contributed by atoms with Crippen molar-refractivity contribution in [2.45, 2.75) is 19.9 Å². The van der Waals surface area contributed by atoms with E-state index in [1.165, 1.54) is 23.1 Å². The molecule has 0 unspecified atom stereocenters. The Labute approximate surface area is 104 Å². The van der Waals surface area contributed by atoms with Crippen LogP contribution in [0.4, 0.5) is 5.69 Å². The highest BCUT2D eigenvalue weighted by molar-refractivity contribution is 6.33. The van der Waals surface area contributed by atoms with Crippen LogP contribution >= 0.6 is 11.6 Å². The first-order valence-electron chi connectivity index (χ1n) is 5.05. The summed E-state index contributed by atoms with van der Waals surface area (Å²) in [6.45, 7) is 3.76. The second-order valence-corrected chi connectivity index (χ2v) is 4.34. The Hall–Kier alpha value is -1.62. The summed E-state index contributed by atoms with van der Waals surface area (Å²) in [5, 5.41) is 10.5. The molecule has 5 nitrogen and oxygen atoms in total. The van der Waals surface area contributed by atoms with E-state index < -0.39 is 4.92 Å². The lowest BCUT2D eigenvalue weighted by Crippen LogP contribution is -2.32. The standard InChI is InChI=1S/C11H13ClN2O3/c1-7(2)13(3)11(15)8-4-5-10(14(16)17)9(12)6-8/h4-7H,1-3H3. The van der Waals surface area contributed by atoms with Crippen LogP contribution in [0.1, 0.15) is 24.2 Å². The molecule has 92 valence electrons. The van der Waals surface area contributed by atoms with Crippen LogP contribution in [0.3, 0.4) is 0 Å². The van der Waals surface area contributed by atoms with Crippen LogP contribution in [0.25, 0.3) is 0 Å². The van der Waals surface area contributed by atoms with Crippen LogP contribution < -0.4 is 0 Å². The third-order valence-corrected chi connectivity index (χ3v) is 2.79. The van der Waals surface area contributed by atoms with E-state index in [1.807, 2.05) is 13.8 Å². The zero-order valence-corrected chi connectivity index (χ0v) is 10.6. The van der Waals surface area contributed by atoms with Crippen molar-refractivity contribution in [1.82, 2.24) is 4.90 Å². The number of benzene rings is 1. The molecule has 0 bridgehead atoms. The fourth-order valence-electron chi connectivity index (χ4n) is 1.23. The van der Waals surface area contributed by atoms with Crippen LogP contribution in [0.2, 0.25) is 5.02 Å². The third kappa shape index (κ3) is 2.94. The van der Waals surface area contributed by atoms with Gasteiger partial charge in [0.05, 0.1) is 4.92 Å².